The monoisotopic (exact) mass is 394 g/mol. The molecule has 3 rings (SSSR count). The van der Waals surface area contributed by atoms with Crippen molar-refractivity contribution >= 4 is 10.8 Å². The molecule has 0 atom stereocenters. The molecule has 3 heteroatoms. The number of allylic oxidation sites excluding steroid dienone is 5. The van der Waals surface area contributed by atoms with E-state index in [0.29, 0.717) is 0 Å². The fourth-order valence-electron chi connectivity index (χ4n) is 1.95. The first-order chi connectivity index (χ1) is 8.90. The zero-order valence-corrected chi connectivity index (χ0v) is 15.8. The molecule has 0 saturated carbocycles. The fourth-order valence-corrected chi connectivity index (χ4v) is 1.95. The second-order valence-electron chi connectivity index (χ2n) is 4.29. The van der Waals surface area contributed by atoms with E-state index in [0.717, 1.165) is 19.3 Å². The van der Waals surface area contributed by atoms with Crippen LogP contribution in [0.3, 0.4) is 0 Å². The number of hydrogen-bond donors (Lipinski definition) is 0. The van der Waals surface area contributed by atoms with Gasteiger partial charge < -0.3 is 24.8 Å². The molecule has 0 N–H and O–H groups in total. The molecule has 0 unspecified atom stereocenters. The van der Waals surface area contributed by atoms with Crippen LogP contribution in [0.15, 0.2) is 72.8 Å². The van der Waals surface area contributed by atoms with Gasteiger partial charge >= 0.3 is 26.2 Å². The van der Waals surface area contributed by atoms with E-state index >= 15 is 0 Å². The smallest absolute Gasteiger partial charge is 1.00 e. The van der Waals surface area contributed by atoms with Crippen LogP contribution >= 0.6 is 0 Å². The van der Waals surface area contributed by atoms with E-state index in [1.807, 2.05) is 6.08 Å². The van der Waals surface area contributed by atoms with E-state index in [9.17, 15) is 0 Å². The topological polar surface area (TPSA) is 0 Å². The van der Waals surface area contributed by atoms with Gasteiger partial charge in [-0.1, -0.05) is 18.6 Å². The molecule has 21 heavy (non-hydrogen) atoms. The predicted molar refractivity (Wildman–Crippen MR) is 79.5 cm³/mol. The van der Waals surface area contributed by atoms with Crippen LogP contribution in [0.1, 0.15) is 19.3 Å². The van der Waals surface area contributed by atoms with Gasteiger partial charge in [0.2, 0.25) is 0 Å². The van der Waals surface area contributed by atoms with E-state index in [2.05, 4.69) is 67.3 Å². The summed E-state index contributed by atoms with van der Waals surface area (Å²) in [6.07, 6.45) is 12.7. The summed E-state index contributed by atoms with van der Waals surface area (Å²) in [5.41, 5.74) is 1.34. The van der Waals surface area contributed by atoms with Gasteiger partial charge in [-0.25, -0.2) is 11.6 Å². The first kappa shape index (κ1) is 22.8. The fraction of sp³-hybridized carbons (Fsp3) is 0.167. The predicted octanol–water partition coefficient (Wildman–Crippen LogP) is -0.794. The number of fused-ring (bicyclic) bond motifs is 1. The summed E-state index contributed by atoms with van der Waals surface area (Å²) in [5, 5.41) is 2.66. The number of benzene rings is 1. The van der Waals surface area contributed by atoms with Crippen molar-refractivity contribution in [3.63, 3.8) is 0 Å². The van der Waals surface area contributed by atoms with Gasteiger partial charge in [-0.05, 0) is 6.42 Å². The van der Waals surface area contributed by atoms with Gasteiger partial charge in [0.05, 0.1) is 0 Å². The minimum Gasteiger partial charge on any atom is -1.00 e. The van der Waals surface area contributed by atoms with Crippen molar-refractivity contribution in [3.8, 4) is 0 Å². The largest absolute Gasteiger partial charge is 4.00 e. The van der Waals surface area contributed by atoms with E-state index < -0.39 is 0 Å². The van der Waals surface area contributed by atoms with Crippen LogP contribution in [0, 0.1) is 6.08 Å². The van der Waals surface area contributed by atoms with Crippen LogP contribution in [0.4, 0.5) is 0 Å². The van der Waals surface area contributed by atoms with E-state index in [1.165, 1.54) is 16.3 Å². The Balaban J connectivity index is 0. The maximum atomic E-state index is 3.66. The molecule has 108 valence electrons. The van der Waals surface area contributed by atoms with Crippen molar-refractivity contribution in [2.24, 2.45) is 0 Å². The maximum absolute atomic E-state index is 3.66. The van der Waals surface area contributed by atoms with Gasteiger partial charge in [0.25, 0.3) is 0 Å². The Kier molecular flexibility index (Phi) is 14.3. The van der Waals surface area contributed by atoms with Crippen molar-refractivity contribution in [2.75, 3.05) is 0 Å². The first-order valence-corrected chi connectivity index (χ1v) is 6.38. The molecule has 1 aliphatic rings. The molecule has 2 aromatic rings. The molecule has 1 aliphatic carbocycles. The number of rotatable bonds is 3. The summed E-state index contributed by atoms with van der Waals surface area (Å²) in [7, 11) is 0. The van der Waals surface area contributed by atoms with Crippen molar-refractivity contribution in [1.82, 2.24) is 0 Å². The van der Waals surface area contributed by atoms with E-state index in [1.54, 1.807) is 0 Å². The standard InChI is InChI=1S/C9H7.C9H11.2ClH.Zr/c1-2-5-9-7-3-6-8(9)4-1;1-2-3-6-9-7-4-5-8-9;;;/h1-7H;2,4,7H,1,3,5-6H2;2*1H;/q2*-1;;;+4/p-2. The summed E-state index contributed by atoms with van der Waals surface area (Å²) < 4.78 is 0. The second kappa shape index (κ2) is 13.2. The molecular weight excluding hydrogens is 378 g/mol. The quantitative estimate of drug-likeness (QED) is 0.471. The molecule has 0 aromatic heterocycles. The van der Waals surface area contributed by atoms with Crippen LogP contribution in [0.5, 0.6) is 0 Å². The molecule has 2 aromatic carbocycles. The van der Waals surface area contributed by atoms with Gasteiger partial charge in [-0.2, -0.15) is 23.6 Å². The zero-order valence-electron chi connectivity index (χ0n) is 11.9. The Labute approximate surface area is 159 Å². The van der Waals surface area contributed by atoms with Crippen molar-refractivity contribution in [1.29, 1.82) is 0 Å². The average Bonchev–Trinajstić information content (AvgIpc) is 3.08. The molecule has 0 saturated heterocycles. The van der Waals surface area contributed by atoms with Gasteiger partial charge in [0.15, 0.2) is 0 Å². The van der Waals surface area contributed by atoms with Crippen molar-refractivity contribution in [3.05, 3.63) is 78.9 Å². The van der Waals surface area contributed by atoms with Crippen LogP contribution in [0.25, 0.3) is 10.8 Å². The summed E-state index contributed by atoms with van der Waals surface area (Å²) in [6.45, 7) is 3.66. The Morgan fingerprint density at radius 3 is 2.57 bits per heavy atom. The summed E-state index contributed by atoms with van der Waals surface area (Å²) >= 11 is 0. The molecule has 0 heterocycles. The van der Waals surface area contributed by atoms with Crippen molar-refractivity contribution in [2.45, 2.75) is 19.3 Å². The van der Waals surface area contributed by atoms with Crippen LogP contribution in [0.2, 0.25) is 0 Å². The van der Waals surface area contributed by atoms with Crippen molar-refractivity contribution < 1.29 is 51.0 Å². The molecule has 0 spiro atoms. The summed E-state index contributed by atoms with van der Waals surface area (Å²) in [5.74, 6) is 0. The number of hydrogen-bond acceptors (Lipinski definition) is 0. The molecule has 0 aliphatic heterocycles. The average molecular weight is 396 g/mol. The van der Waals surface area contributed by atoms with Gasteiger partial charge in [0, 0.05) is 0 Å². The molecule has 0 fully saturated rings. The third-order valence-corrected chi connectivity index (χ3v) is 2.93. The van der Waals surface area contributed by atoms with Gasteiger partial charge in [-0.3, -0.25) is 6.08 Å². The first-order valence-electron chi connectivity index (χ1n) is 6.38. The third-order valence-electron chi connectivity index (χ3n) is 2.93. The molecule has 0 amide bonds. The van der Waals surface area contributed by atoms with E-state index in [-0.39, 0.29) is 51.0 Å². The Morgan fingerprint density at radius 1 is 1.19 bits per heavy atom. The molecule has 0 nitrogen and oxygen atoms in total. The van der Waals surface area contributed by atoms with Crippen LogP contribution < -0.4 is 24.8 Å². The second-order valence-corrected chi connectivity index (χ2v) is 4.29. The Hall–Kier alpha value is -0.487. The number of halogens is 2. The minimum atomic E-state index is 0. The zero-order chi connectivity index (χ0) is 12.6. The van der Waals surface area contributed by atoms with Crippen LogP contribution in [-0.2, 0) is 26.2 Å². The summed E-state index contributed by atoms with van der Waals surface area (Å²) in [6, 6.07) is 14.7. The minimum absolute atomic E-state index is 0. The maximum Gasteiger partial charge on any atom is 4.00 e. The SMILES string of the molecule is C=CCCC1=[C-]CC=C1.[Cl-].[Cl-].[Zr+4].c1ccc2[cH-]ccc2c1. The van der Waals surface area contributed by atoms with Gasteiger partial charge in [-0.15, -0.1) is 42.7 Å². The van der Waals surface area contributed by atoms with Gasteiger partial charge in [0.1, 0.15) is 0 Å². The Bertz CT molecular complexity index is 537. The van der Waals surface area contributed by atoms with Crippen LogP contribution in [-0.4, -0.2) is 0 Å². The van der Waals surface area contributed by atoms with E-state index in [4.69, 9.17) is 0 Å². The normalized spacial score (nSPS) is 11.1. The molecule has 0 bridgehead atoms. The third kappa shape index (κ3) is 7.91. The molecular formula is C18H18Cl2Zr. The summed E-state index contributed by atoms with van der Waals surface area (Å²) in [4.78, 5) is 0. The molecule has 0 radical (unpaired) electrons. The Morgan fingerprint density at radius 2 is 1.95 bits per heavy atom.